The monoisotopic (exact) mass is 554 g/mol. The van der Waals surface area contributed by atoms with Gasteiger partial charge in [-0.15, -0.1) is 0 Å². The third kappa shape index (κ3) is 3.96. The number of Topliss-reactive ketones (excluding diaryl/α,β-unsaturated/α-hetero) is 1. The van der Waals surface area contributed by atoms with Crippen molar-refractivity contribution in [2.75, 3.05) is 4.90 Å². The number of carbonyl (C=O) groups excluding carboxylic acids is 2. The van der Waals surface area contributed by atoms with E-state index in [4.69, 9.17) is 27.9 Å². The Bertz CT molecular complexity index is 1670. The van der Waals surface area contributed by atoms with Crippen LogP contribution in [0, 0.1) is 5.82 Å². The van der Waals surface area contributed by atoms with Crippen molar-refractivity contribution in [1.29, 1.82) is 0 Å². The fourth-order valence-corrected chi connectivity index (χ4v) is 6.07. The molecule has 1 amide bonds. The number of aliphatic hydroxyl groups excluding tert-OH is 1. The van der Waals surface area contributed by atoms with Crippen LogP contribution in [-0.4, -0.2) is 27.9 Å². The van der Waals surface area contributed by atoms with Crippen molar-refractivity contribution in [2.45, 2.75) is 25.5 Å². The van der Waals surface area contributed by atoms with Gasteiger partial charge in [0, 0.05) is 12.0 Å². The number of hydrogen-bond donors (Lipinski definition) is 1. The summed E-state index contributed by atoms with van der Waals surface area (Å²) in [5.41, 5.74) is 2.10. The Kier molecular flexibility index (Phi) is 5.71. The van der Waals surface area contributed by atoms with Crippen molar-refractivity contribution >= 4 is 67.3 Å². The third-order valence-electron chi connectivity index (χ3n) is 6.42. The molecule has 2 aliphatic heterocycles. The zero-order chi connectivity index (χ0) is 26.0. The highest BCUT2D eigenvalue weighted by atomic mass is 35.5. The van der Waals surface area contributed by atoms with E-state index in [1.807, 2.05) is 6.92 Å². The van der Waals surface area contributed by atoms with Crippen LogP contribution in [0.25, 0.3) is 16.0 Å². The van der Waals surface area contributed by atoms with Gasteiger partial charge < -0.3 is 9.84 Å². The summed E-state index contributed by atoms with van der Waals surface area (Å²) in [6.07, 6.45) is 0.654. The number of ketones is 1. The van der Waals surface area contributed by atoms with Gasteiger partial charge in [0.15, 0.2) is 5.13 Å². The van der Waals surface area contributed by atoms with E-state index in [1.165, 1.54) is 23.1 Å². The van der Waals surface area contributed by atoms with Gasteiger partial charge in [-0.2, -0.15) is 0 Å². The maximum Gasteiger partial charge on any atom is 0.301 e. The van der Waals surface area contributed by atoms with Crippen LogP contribution in [0.2, 0.25) is 10.0 Å². The molecular weight excluding hydrogens is 538 g/mol. The van der Waals surface area contributed by atoms with E-state index in [9.17, 15) is 19.1 Å². The molecule has 0 saturated carbocycles. The molecule has 186 valence electrons. The summed E-state index contributed by atoms with van der Waals surface area (Å²) in [5.74, 6) is -1.79. The lowest BCUT2D eigenvalue weighted by Gasteiger charge is -2.23. The fraction of sp³-hybridized carbons (Fsp3) is 0.148. The first-order valence-electron chi connectivity index (χ1n) is 11.3. The second kappa shape index (κ2) is 8.83. The van der Waals surface area contributed by atoms with Crippen molar-refractivity contribution in [3.8, 4) is 5.75 Å². The Morgan fingerprint density at radius 1 is 1.11 bits per heavy atom. The summed E-state index contributed by atoms with van der Waals surface area (Å²) in [6, 6.07) is 12.9. The summed E-state index contributed by atoms with van der Waals surface area (Å²) in [5, 5.41) is 12.1. The summed E-state index contributed by atoms with van der Waals surface area (Å²) < 4.78 is 20.1. The van der Waals surface area contributed by atoms with Crippen molar-refractivity contribution in [1.82, 2.24) is 4.98 Å². The Morgan fingerprint density at radius 3 is 2.70 bits per heavy atom. The number of nitrogens with zero attached hydrogens (tertiary/aromatic N) is 2. The summed E-state index contributed by atoms with van der Waals surface area (Å²) >= 11 is 13.5. The molecule has 0 bridgehead atoms. The summed E-state index contributed by atoms with van der Waals surface area (Å²) in [6.45, 7) is 1.94. The van der Waals surface area contributed by atoms with Gasteiger partial charge in [0.1, 0.15) is 23.4 Å². The van der Waals surface area contributed by atoms with Crippen LogP contribution in [0.4, 0.5) is 9.52 Å². The third-order valence-corrected chi connectivity index (χ3v) is 8.18. The molecule has 0 unspecified atom stereocenters. The molecule has 3 aromatic carbocycles. The number of ether oxygens (including phenoxy) is 1. The van der Waals surface area contributed by atoms with Gasteiger partial charge in [0.25, 0.3) is 5.78 Å². The van der Waals surface area contributed by atoms with Gasteiger partial charge in [0.05, 0.1) is 31.9 Å². The molecule has 6 rings (SSSR count). The first-order valence-corrected chi connectivity index (χ1v) is 12.9. The number of thiazole rings is 1. The number of hydrogen-bond acceptors (Lipinski definition) is 6. The number of aromatic nitrogens is 1. The summed E-state index contributed by atoms with van der Waals surface area (Å²) in [4.78, 5) is 32.5. The second-order valence-corrected chi connectivity index (χ2v) is 10.7. The van der Waals surface area contributed by atoms with Crippen molar-refractivity contribution in [2.24, 2.45) is 0 Å². The van der Waals surface area contributed by atoms with Crippen molar-refractivity contribution in [3.63, 3.8) is 0 Å². The van der Waals surface area contributed by atoms with Crippen LogP contribution in [0.5, 0.6) is 5.75 Å². The number of halogens is 3. The van der Waals surface area contributed by atoms with E-state index in [-0.39, 0.29) is 27.6 Å². The topological polar surface area (TPSA) is 79.7 Å². The Balaban J connectivity index is 1.55. The highest BCUT2D eigenvalue weighted by Gasteiger charge is 2.48. The van der Waals surface area contributed by atoms with E-state index in [1.54, 1.807) is 36.4 Å². The number of carbonyl (C=O) groups is 2. The van der Waals surface area contributed by atoms with Gasteiger partial charge >= 0.3 is 5.91 Å². The zero-order valence-electron chi connectivity index (χ0n) is 19.2. The first kappa shape index (κ1) is 23.9. The quantitative estimate of drug-likeness (QED) is 0.173. The Hall–Kier alpha value is -3.46. The fourth-order valence-electron chi connectivity index (χ4n) is 4.74. The van der Waals surface area contributed by atoms with Gasteiger partial charge in [-0.25, -0.2) is 9.37 Å². The molecule has 1 saturated heterocycles. The zero-order valence-corrected chi connectivity index (χ0v) is 21.5. The van der Waals surface area contributed by atoms with E-state index in [0.29, 0.717) is 38.5 Å². The van der Waals surface area contributed by atoms with Gasteiger partial charge in [-0.1, -0.05) is 40.6 Å². The lowest BCUT2D eigenvalue weighted by Crippen LogP contribution is -2.29. The maximum absolute atomic E-state index is 13.8. The molecule has 2 atom stereocenters. The number of aliphatic hydroxyl groups is 1. The molecule has 1 N–H and O–H groups in total. The number of rotatable bonds is 3. The Morgan fingerprint density at radius 2 is 1.92 bits per heavy atom. The predicted molar refractivity (Wildman–Crippen MR) is 141 cm³/mol. The van der Waals surface area contributed by atoms with Crippen LogP contribution in [0.3, 0.4) is 0 Å². The van der Waals surface area contributed by atoms with Crippen molar-refractivity contribution in [3.05, 3.63) is 92.7 Å². The largest absolute Gasteiger partial charge is 0.507 e. The molecule has 1 aromatic heterocycles. The van der Waals surface area contributed by atoms with E-state index >= 15 is 0 Å². The lowest BCUT2D eigenvalue weighted by molar-refractivity contribution is -0.132. The molecule has 6 nitrogen and oxygen atoms in total. The summed E-state index contributed by atoms with van der Waals surface area (Å²) in [7, 11) is 0. The molecule has 37 heavy (non-hydrogen) atoms. The smallest absolute Gasteiger partial charge is 0.301 e. The molecular formula is C27H17Cl2FN2O4S. The maximum atomic E-state index is 13.8. The molecule has 2 aliphatic rings. The molecule has 4 aromatic rings. The minimum Gasteiger partial charge on any atom is -0.507 e. The van der Waals surface area contributed by atoms with Gasteiger partial charge in [0.2, 0.25) is 0 Å². The van der Waals surface area contributed by atoms with E-state index in [2.05, 4.69) is 4.98 Å². The number of anilines is 1. The predicted octanol–water partition coefficient (Wildman–Crippen LogP) is 6.69. The average molecular weight is 555 g/mol. The number of fused-ring (bicyclic) bond motifs is 2. The molecule has 0 spiro atoms. The van der Waals surface area contributed by atoms with Crippen LogP contribution >= 0.6 is 34.5 Å². The molecule has 0 radical (unpaired) electrons. The van der Waals surface area contributed by atoms with Crippen LogP contribution in [0.15, 0.2) is 60.2 Å². The van der Waals surface area contributed by atoms with Crippen LogP contribution in [0.1, 0.15) is 29.7 Å². The van der Waals surface area contributed by atoms with Gasteiger partial charge in [-0.05, 0) is 66.6 Å². The van der Waals surface area contributed by atoms with Crippen LogP contribution < -0.4 is 9.64 Å². The average Bonchev–Trinajstić information content (AvgIpc) is 3.52. The highest BCUT2D eigenvalue weighted by molar-refractivity contribution is 7.22. The standard InChI is InChI=1S/C27H17Cl2FN2O4S/c1-12-8-15-9-14(3-7-20(15)36-12)24(33)22-23(13-2-5-17(28)18(29)10-13)32(26(35)25(22)34)27-31-19-6-4-16(30)11-21(19)37-27/h2-7,9-12,23,33H,8H2,1H3/b24-22+/t12-,23+/m0/s1. The van der Waals surface area contributed by atoms with E-state index < -0.39 is 23.5 Å². The number of benzene rings is 3. The molecule has 10 heteroatoms. The molecule has 3 heterocycles. The Labute approximate surface area is 224 Å². The minimum absolute atomic E-state index is 0.00180. The molecule has 0 aliphatic carbocycles. The first-order chi connectivity index (χ1) is 17.7. The molecule has 1 fully saturated rings. The van der Waals surface area contributed by atoms with Crippen LogP contribution in [-0.2, 0) is 16.0 Å². The second-order valence-electron chi connectivity index (χ2n) is 8.91. The van der Waals surface area contributed by atoms with Crippen molar-refractivity contribution < 1.29 is 23.8 Å². The SMILES string of the molecule is C[C@H]1Cc2cc(/C(O)=C3\C(=O)C(=O)N(c4nc5ccc(F)cc5s4)[C@@H]3c3ccc(Cl)c(Cl)c3)ccc2O1. The highest BCUT2D eigenvalue weighted by Crippen LogP contribution is 2.45. The minimum atomic E-state index is -1.04. The number of amides is 1. The van der Waals surface area contributed by atoms with E-state index in [0.717, 1.165) is 16.9 Å². The lowest BCUT2D eigenvalue weighted by atomic mass is 9.94. The normalized spacial score (nSPS) is 20.5. The van der Waals surface area contributed by atoms with Gasteiger partial charge in [-0.3, -0.25) is 14.5 Å².